The summed E-state index contributed by atoms with van der Waals surface area (Å²) in [6, 6.07) is 1.88. The van der Waals surface area contributed by atoms with Gasteiger partial charge in [-0.2, -0.15) is 0 Å². The SMILES string of the molecule is Cc1ccncc1C(=O)N1CCC2(CC1)CC(CCO)CCO2. The Labute approximate surface area is 137 Å². The van der Waals surface area contributed by atoms with Gasteiger partial charge in [0.15, 0.2) is 0 Å². The Morgan fingerprint density at radius 1 is 1.48 bits per heavy atom. The first-order valence-corrected chi connectivity index (χ1v) is 8.58. The van der Waals surface area contributed by atoms with E-state index < -0.39 is 0 Å². The van der Waals surface area contributed by atoms with Crippen LogP contribution in [0.15, 0.2) is 18.5 Å². The van der Waals surface area contributed by atoms with Crippen molar-refractivity contribution in [2.75, 3.05) is 26.3 Å². The second-order valence-corrected chi connectivity index (χ2v) is 6.89. The Hall–Kier alpha value is -1.46. The van der Waals surface area contributed by atoms with Crippen LogP contribution in [0, 0.1) is 12.8 Å². The minimum atomic E-state index is -0.0845. The van der Waals surface area contributed by atoms with Crippen LogP contribution in [0.4, 0.5) is 0 Å². The summed E-state index contributed by atoms with van der Waals surface area (Å²) in [7, 11) is 0. The summed E-state index contributed by atoms with van der Waals surface area (Å²) in [4.78, 5) is 18.7. The molecular weight excluding hydrogens is 292 g/mol. The van der Waals surface area contributed by atoms with E-state index in [1.165, 1.54) is 0 Å². The van der Waals surface area contributed by atoms with E-state index in [9.17, 15) is 9.90 Å². The molecule has 0 radical (unpaired) electrons. The number of piperidine rings is 1. The Kier molecular flexibility index (Phi) is 4.97. The van der Waals surface area contributed by atoms with Crippen molar-refractivity contribution < 1.29 is 14.6 Å². The molecule has 2 aliphatic heterocycles. The number of pyridine rings is 1. The van der Waals surface area contributed by atoms with Crippen molar-refractivity contribution in [3.05, 3.63) is 29.6 Å². The molecule has 5 heteroatoms. The van der Waals surface area contributed by atoms with Crippen LogP contribution in [0.3, 0.4) is 0 Å². The molecule has 0 saturated carbocycles. The maximum atomic E-state index is 12.7. The zero-order valence-electron chi connectivity index (χ0n) is 13.8. The van der Waals surface area contributed by atoms with Crippen LogP contribution in [0.25, 0.3) is 0 Å². The van der Waals surface area contributed by atoms with Crippen LogP contribution in [0.2, 0.25) is 0 Å². The van der Waals surface area contributed by atoms with Gasteiger partial charge >= 0.3 is 0 Å². The number of aliphatic hydroxyl groups is 1. The van der Waals surface area contributed by atoms with Crippen LogP contribution in [-0.2, 0) is 4.74 Å². The molecule has 2 aliphatic rings. The van der Waals surface area contributed by atoms with E-state index in [-0.39, 0.29) is 18.1 Å². The maximum Gasteiger partial charge on any atom is 0.255 e. The van der Waals surface area contributed by atoms with E-state index in [1.807, 2.05) is 17.9 Å². The molecule has 2 fully saturated rings. The summed E-state index contributed by atoms with van der Waals surface area (Å²) in [5.74, 6) is 0.629. The van der Waals surface area contributed by atoms with Crippen LogP contribution in [0.5, 0.6) is 0 Å². The van der Waals surface area contributed by atoms with Gasteiger partial charge in [-0.3, -0.25) is 9.78 Å². The topological polar surface area (TPSA) is 62.7 Å². The first-order valence-electron chi connectivity index (χ1n) is 8.58. The van der Waals surface area contributed by atoms with Crippen molar-refractivity contribution in [3.63, 3.8) is 0 Å². The molecular formula is C18H26N2O3. The standard InChI is InChI=1S/C18H26N2O3/c1-14-2-7-19-13-16(14)17(22)20-8-5-18(6-9-20)12-15(3-10-21)4-11-23-18/h2,7,13,15,21H,3-6,8-12H2,1H3. The van der Waals surface area contributed by atoms with Crippen molar-refractivity contribution in [2.45, 2.75) is 44.6 Å². The van der Waals surface area contributed by atoms with Gasteiger partial charge in [0, 0.05) is 38.7 Å². The first kappa shape index (κ1) is 16.4. The molecule has 3 heterocycles. The lowest BCUT2D eigenvalue weighted by atomic mass is 9.78. The number of ether oxygens (including phenoxy) is 1. The van der Waals surface area contributed by atoms with Gasteiger partial charge in [0.1, 0.15) is 0 Å². The highest BCUT2D eigenvalue weighted by molar-refractivity contribution is 5.95. The van der Waals surface area contributed by atoms with Crippen molar-refractivity contribution in [2.24, 2.45) is 5.92 Å². The molecule has 5 nitrogen and oxygen atoms in total. The highest BCUT2D eigenvalue weighted by Gasteiger charge is 2.41. The third-order valence-electron chi connectivity index (χ3n) is 5.36. The number of carbonyl (C=O) groups is 1. The molecule has 3 rings (SSSR count). The summed E-state index contributed by atoms with van der Waals surface area (Å²) in [6.45, 7) is 4.45. The average molecular weight is 318 g/mol. The van der Waals surface area contributed by atoms with Gasteiger partial charge in [-0.15, -0.1) is 0 Å². The fourth-order valence-electron chi connectivity index (χ4n) is 3.88. The molecule has 23 heavy (non-hydrogen) atoms. The van der Waals surface area contributed by atoms with E-state index in [1.54, 1.807) is 12.4 Å². The number of aliphatic hydroxyl groups excluding tert-OH is 1. The third-order valence-corrected chi connectivity index (χ3v) is 5.36. The van der Waals surface area contributed by atoms with E-state index in [2.05, 4.69) is 4.98 Å². The third kappa shape index (κ3) is 3.56. The smallest absolute Gasteiger partial charge is 0.255 e. The van der Waals surface area contributed by atoms with Gasteiger partial charge in [-0.05, 0) is 56.6 Å². The molecule has 0 bridgehead atoms. The van der Waals surface area contributed by atoms with Gasteiger partial charge in [-0.25, -0.2) is 0 Å². The van der Waals surface area contributed by atoms with Gasteiger partial charge in [0.05, 0.1) is 11.2 Å². The number of aromatic nitrogens is 1. The summed E-state index contributed by atoms with van der Waals surface area (Å²) in [5, 5.41) is 9.17. The lowest BCUT2D eigenvalue weighted by Gasteiger charge is -2.46. The fraction of sp³-hybridized carbons (Fsp3) is 0.667. The Morgan fingerprint density at radius 2 is 2.26 bits per heavy atom. The molecule has 1 atom stereocenters. The number of hydrogen-bond donors (Lipinski definition) is 1. The molecule has 2 saturated heterocycles. The molecule has 1 amide bonds. The number of carbonyl (C=O) groups excluding carboxylic acids is 1. The number of amides is 1. The van der Waals surface area contributed by atoms with Crippen molar-refractivity contribution in [1.82, 2.24) is 9.88 Å². The minimum Gasteiger partial charge on any atom is -0.396 e. The zero-order valence-corrected chi connectivity index (χ0v) is 13.8. The molecule has 1 aromatic rings. The van der Waals surface area contributed by atoms with Crippen LogP contribution in [-0.4, -0.2) is 52.8 Å². The summed E-state index contributed by atoms with van der Waals surface area (Å²) in [5.41, 5.74) is 1.59. The Balaban J connectivity index is 1.62. The predicted octanol–water partition coefficient (Wildman–Crippen LogP) is 2.17. The van der Waals surface area contributed by atoms with E-state index >= 15 is 0 Å². The van der Waals surface area contributed by atoms with Gasteiger partial charge < -0.3 is 14.7 Å². The van der Waals surface area contributed by atoms with Gasteiger partial charge in [0.25, 0.3) is 5.91 Å². The molecule has 126 valence electrons. The molecule has 0 aromatic carbocycles. The summed E-state index contributed by atoms with van der Waals surface area (Å²) < 4.78 is 6.11. The molecule has 1 unspecified atom stereocenters. The van der Waals surface area contributed by atoms with Gasteiger partial charge in [-0.1, -0.05) is 0 Å². The molecule has 0 aliphatic carbocycles. The number of nitrogens with zero attached hydrogens (tertiary/aromatic N) is 2. The largest absolute Gasteiger partial charge is 0.396 e. The van der Waals surface area contributed by atoms with Crippen LogP contribution >= 0.6 is 0 Å². The summed E-state index contributed by atoms with van der Waals surface area (Å²) >= 11 is 0. The van der Waals surface area contributed by atoms with E-state index in [4.69, 9.17) is 4.74 Å². The molecule has 1 spiro atoms. The lowest BCUT2D eigenvalue weighted by molar-refractivity contribution is -0.125. The highest BCUT2D eigenvalue weighted by atomic mass is 16.5. The second-order valence-electron chi connectivity index (χ2n) is 6.89. The second kappa shape index (κ2) is 6.97. The fourth-order valence-corrected chi connectivity index (χ4v) is 3.88. The van der Waals surface area contributed by atoms with Crippen LogP contribution in [0.1, 0.15) is 48.0 Å². The quantitative estimate of drug-likeness (QED) is 0.928. The van der Waals surface area contributed by atoms with Gasteiger partial charge in [0.2, 0.25) is 0 Å². The number of rotatable bonds is 3. The number of likely N-dealkylation sites (tertiary alicyclic amines) is 1. The maximum absolute atomic E-state index is 12.7. The number of aryl methyl sites for hydroxylation is 1. The predicted molar refractivity (Wildman–Crippen MR) is 87.2 cm³/mol. The average Bonchev–Trinajstić information content (AvgIpc) is 2.56. The van der Waals surface area contributed by atoms with E-state index in [0.717, 1.165) is 57.4 Å². The Bertz CT molecular complexity index is 551. The normalized spacial score (nSPS) is 23.9. The van der Waals surface area contributed by atoms with Crippen molar-refractivity contribution >= 4 is 5.91 Å². The first-order chi connectivity index (χ1) is 11.1. The van der Waals surface area contributed by atoms with Crippen molar-refractivity contribution in [1.29, 1.82) is 0 Å². The van der Waals surface area contributed by atoms with Crippen molar-refractivity contribution in [3.8, 4) is 0 Å². The minimum absolute atomic E-state index is 0.0770. The van der Waals surface area contributed by atoms with Crippen LogP contribution < -0.4 is 0 Å². The molecule has 1 N–H and O–H groups in total. The van der Waals surface area contributed by atoms with E-state index in [0.29, 0.717) is 11.5 Å². The highest BCUT2D eigenvalue weighted by Crippen LogP contribution is 2.38. The zero-order chi connectivity index (χ0) is 16.3. The Morgan fingerprint density at radius 3 is 2.96 bits per heavy atom. The lowest BCUT2D eigenvalue weighted by Crippen LogP contribution is -2.51. The summed E-state index contributed by atoms with van der Waals surface area (Å²) in [6.07, 6.45) is 8.08. The molecule has 1 aromatic heterocycles. The monoisotopic (exact) mass is 318 g/mol. The number of hydrogen-bond acceptors (Lipinski definition) is 4.